The number of urea groups is 1. The number of aliphatic hydroxyl groups excluding tert-OH is 1. The van der Waals surface area contributed by atoms with E-state index in [0.29, 0.717) is 25.3 Å². The summed E-state index contributed by atoms with van der Waals surface area (Å²) in [6.45, 7) is 3.11. The van der Waals surface area contributed by atoms with Crippen LogP contribution in [0.15, 0.2) is 47.1 Å². The zero-order chi connectivity index (χ0) is 16.5. The molecule has 1 atom stereocenters. The zero-order valence-corrected chi connectivity index (χ0v) is 13.1. The van der Waals surface area contributed by atoms with E-state index in [1.807, 2.05) is 31.2 Å². The number of rotatable bonds is 8. The maximum Gasteiger partial charge on any atom is 0.314 e. The van der Waals surface area contributed by atoms with Crippen molar-refractivity contribution in [2.24, 2.45) is 0 Å². The molecule has 2 rings (SSSR count). The first-order valence-electron chi connectivity index (χ1n) is 7.58. The average Bonchev–Trinajstić information content (AvgIpc) is 3.08. The van der Waals surface area contributed by atoms with Crippen LogP contribution in [0.4, 0.5) is 4.79 Å². The summed E-state index contributed by atoms with van der Waals surface area (Å²) in [5.74, 6) is 1.29. The Bertz CT molecular complexity index is 598. The van der Waals surface area contributed by atoms with Gasteiger partial charge >= 0.3 is 6.03 Å². The Hall–Kier alpha value is -2.47. The maximum atomic E-state index is 11.6. The third-order valence-electron chi connectivity index (χ3n) is 3.29. The molecule has 0 bridgehead atoms. The van der Waals surface area contributed by atoms with Crippen LogP contribution in [0.1, 0.15) is 23.8 Å². The summed E-state index contributed by atoms with van der Waals surface area (Å²) >= 11 is 0. The molecule has 1 unspecified atom stereocenters. The standard InChI is InChI=1S/C17H22N2O4/c1-13-6-2-3-7-15(13)22-11-5-9-18-17(21)19-12-14(20)16-8-4-10-23-16/h2-4,6-8,10,14,20H,5,9,11-12H2,1H3,(H2,18,19,21). The van der Waals surface area contributed by atoms with Gasteiger partial charge < -0.3 is 24.9 Å². The first-order chi connectivity index (χ1) is 11.2. The quantitative estimate of drug-likeness (QED) is 0.653. The third-order valence-corrected chi connectivity index (χ3v) is 3.29. The number of benzene rings is 1. The second-order valence-corrected chi connectivity index (χ2v) is 5.14. The van der Waals surface area contributed by atoms with Gasteiger partial charge in [0.2, 0.25) is 0 Å². The van der Waals surface area contributed by atoms with Gasteiger partial charge in [-0.05, 0) is 37.1 Å². The van der Waals surface area contributed by atoms with Crippen molar-refractivity contribution in [1.29, 1.82) is 0 Å². The molecular formula is C17H22N2O4. The maximum absolute atomic E-state index is 11.6. The molecule has 3 N–H and O–H groups in total. The minimum Gasteiger partial charge on any atom is -0.493 e. The van der Waals surface area contributed by atoms with Gasteiger partial charge in [-0.1, -0.05) is 18.2 Å². The summed E-state index contributed by atoms with van der Waals surface area (Å²) in [5, 5.41) is 15.1. The number of amides is 2. The summed E-state index contributed by atoms with van der Waals surface area (Å²) in [6, 6.07) is 10.8. The smallest absolute Gasteiger partial charge is 0.314 e. The van der Waals surface area contributed by atoms with E-state index in [4.69, 9.17) is 9.15 Å². The molecule has 0 radical (unpaired) electrons. The topological polar surface area (TPSA) is 83.7 Å². The normalized spacial score (nSPS) is 11.7. The first kappa shape index (κ1) is 16.9. The van der Waals surface area contributed by atoms with Crippen LogP contribution in [0.3, 0.4) is 0 Å². The van der Waals surface area contributed by atoms with Crippen LogP contribution in [-0.2, 0) is 0 Å². The Kier molecular flexibility index (Phi) is 6.50. The Labute approximate surface area is 135 Å². The molecule has 0 fully saturated rings. The fraction of sp³-hybridized carbons (Fsp3) is 0.353. The van der Waals surface area contributed by atoms with E-state index < -0.39 is 6.10 Å². The number of carbonyl (C=O) groups excluding carboxylic acids is 1. The number of carbonyl (C=O) groups is 1. The predicted octanol–water partition coefficient (Wildman–Crippen LogP) is 2.39. The van der Waals surface area contributed by atoms with Gasteiger partial charge in [0.1, 0.15) is 17.6 Å². The number of nitrogens with one attached hydrogen (secondary N) is 2. The van der Waals surface area contributed by atoms with E-state index in [2.05, 4.69) is 10.6 Å². The van der Waals surface area contributed by atoms with E-state index in [0.717, 1.165) is 11.3 Å². The minimum atomic E-state index is -0.847. The Morgan fingerprint density at radius 1 is 1.26 bits per heavy atom. The highest BCUT2D eigenvalue weighted by Crippen LogP contribution is 2.16. The van der Waals surface area contributed by atoms with E-state index in [-0.39, 0.29) is 12.6 Å². The van der Waals surface area contributed by atoms with Crippen LogP contribution in [-0.4, -0.2) is 30.8 Å². The lowest BCUT2D eigenvalue weighted by atomic mass is 10.2. The van der Waals surface area contributed by atoms with Gasteiger partial charge in [-0.15, -0.1) is 0 Å². The monoisotopic (exact) mass is 318 g/mol. The molecule has 0 aliphatic rings. The van der Waals surface area contributed by atoms with Crippen molar-refractivity contribution in [3.63, 3.8) is 0 Å². The molecule has 0 aliphatic heterocycles. The van der Waals surface area contributed by atoms with Gasteiger partial charge in [0, 0.05) is 6.54 Å². The SMILES string of the molecule is Cc1ccccc1OCCCNC(=O)NCC(O)c1ccco1. The molecular weight excluding hydrogens is 296 g/mol. The number of hydrogen-bond acceptors (Lipinski definition) is 4. The largest absolute Gasteiger partial charge is 0.493 e. The highest BCUT2D eigenvalue weighted by molar-refractivity contribution is 5.73. The average molecular weight is 318 g/mol. The molecule has 6 heteroatoms. The first-order valence-corrected chi connectivity index (χ1v) is 7.58. The van der Waals surface area contributed by atoms with E-state index in [1.54, 1.807) is 12.1 Å². The molecule has 6 nitrogen and oxygen atoms in total. The molecule has 0 saturated carbocycles. The van der Waals surface area contributed by atoms with Crippen molar-refractivity contribution < 1.29 is 19.1 Å². The van der Waals surface area contributed by atoms with Gasteiger partial charge in [-0.25, -0.2) is 4.79 Å². The highest BCUT2D eigenvalue weighted by Gasteiger charge is 2.11. The van der Waals surface area contributed by atoms with Crippen LogP contribution in [0.5, 0.6) is 5.75 Å². The molecule has 1 aromatic carbocycles. The number of furan rings is 1. The zero-order valence-electron chi connectivity index (χ0n) is 13.1. The molecule has 1 aromatic heterocycles. The number of para-hydroxylation sites is 1. The minimum absolute atomic E-state index is 0.0963. The Morgan fingerprint density at radius 3 is 2.83 bits per heavy atom. The van der Waals surface area contributed by atoms with E-state index >= 15 is 0 Å². The molecule has 2 aromatic rings. The molecule has 0 saturated heterocycles. The molecule has 0 aliphatic carbocycles. The Morgan fingerprint density at radius 2 is 2.09 bits per heavy atom. The second-order valence-electron chi connectivity index (χ2n) is 5.14. The Balaban J connectivity index is 1.56. The molecule has 0 spiro atoms. The summed E-state index contributed by atoms with van der Waals surface area (Å²) < 4.78 is 10.7. The van der Waals surface area contributed by atoms with Crippen molar-refractivity contribution in [3.05, 3.63) is 54.0 Å². The van der Waals surface area contributed by atoms with Crippen LogP contribution in [0.25, 0.3) is 0 Å². The van der Waals surface area contributed by atoms with Gasteiger partial charge in [0.05, 0.1) is 19.4 Å². The number of hydrogen-bond donors (Lipinski definition) is 3. The van der Waals surface area contributed by atoms with Crippen LogP contribution in [0, 0.1) is 6.92 Å². The molecule has 23 heavy (non-hydrogen) atoms. The molecule has 124 valence electrons. The van der Waals surface area contributed by atoms with Gasteiger partial charge in [-0.2, -0.15) is 0 Å². The van der Waals surface area contributed by atoms with Crippen LogP contribution in [0.2, 0.25) is 0 Å². The summed E-state index contributed by atoms with van der Waals surface area (Å²) in [4.78, 5) is 11.6. The van der Waals surface area contributed by atoms with Crippen molar-refractivity contribution in [2.45, 2.75) is 19.4 Å². The highest BCUT2D eigenvalue weighted by atomic mass is 16.5. The summed E-state index contributed by atoms with van der Waals surface area (Å²) in [6.07, 6.45) is 1.33. The summed E-state index contributed by atoms with van der Waals surface area (Å²) in [7, 11) is 0. The molecule has 2 amide bonds. The van der Waals surface area contributed by atoms with E-state index in [9.17, 15) is 9.90 Å². The van der Waals surface area contributed by atoms with Crippen molar-refractivity contribution in [3.8, 4) is 5.75 Å². The van der Waals surface area contributed by atoms with Crippen molar-refractivity contribution >= 4 is 6.03 Å². The number of ether oxygens (including phenoxy) is 1. The fourth-order valence-electron chi connectivity index (χ4n) is 2.01. The van der Waals surface area contributed by atoms with Gasteiger partial charge in [0.25, 0.3) is 0 Å². The predicted molar refractivity (Wildman–Crippen MR) is 86.4 cm³/mol. The number of aliphatic hydroxyl groups is 1. The van der Waals surface area contributed by atoms with Crippen molar-refractivity contribution in [2.75, 3.05) is 19.7 Å². The number of aryl methyl sites for hydroxylation is 1. The van der Waals surface area contributed by atoms with Gasteiger partial charge in [0.15, 0.2) is 0 Å². The fourth-order valence-corrected chi connectivity index (χ4v) is 2.01. The van der Waals surface area contributed by atoms with Crippen LogP contribution < -0.4 is 15.4 Å². The lowest BCUT2D eigenvalue weighted by Crippen LogP contribution is -2.38. The third kappa shape index (κ3) is 5.67. The molecule has 1 heterocycles. The van der Waals surface area contributed by atoms with Crippen LogP contribution >= 0.6 is 0 Å². The lowest BCUT2D eigenvalue weighted by molar-refractivity contribution is 0.148. The second kappa shape index (κ2) is 8.85. The van der Waals surface area contributed by atoms with Gasteiger partial charge in [-0.3, -0.25) is 0 Å². The van der Waals surface area contributed by atoms with Crippen molar-refractivity contribution in [1.82, 2.24) is 10.6 Å². The summed E-state index contributed by atoms with van der Waals surface area (Å²) in [5.41, 5.74) is 1.09. The lowest BCUT2D eigenvalue weighted by Gasteiger charge is -2.11. The van der Waals surface area contributed by atoms with E-state index in [1.165, 1.54) is 6.26 Å².